The smallest absolute Gasteiger partial charge is 0.224 e. The van der Waals surface area contributed by atoms with E-state index < -0.39 is 0 Å². The molecule has 0 aromatic carbocycles. The zero-order valence-electron chi connectivity index (χ0n) is 13.5. The Kier molecular flexibility index (Phi) is 10.6. The van der Waals surface area contributed by atoms with Gasteiger partial charge in [-0.2, -0.15) is 0 Å². The van der Waals surface area contributed by atoms with Gasteiger partial charge in [0.15, 0.2) is 0 Å². The van der Waals surface area contributed by atoms with Gasteiger partial charge in [0.2, 0.25) is 5.91 Å². The zero-order valence-corrected chi connectivity index (χ0v) is 15.1. The summed E-state index contributed by atoms with van der Waals surface area (Å²) in [5.41, 5.74) is 5.67. The number of likely N-dealkylation sites (tertiary alicyclic amines) is 1. The molecule has 2 heterocycles. The predicted octanol–water partition coefficient (Wildman–Crippen LogP) is 1.58. The van der Waals surface area contributed by atoms with Gasteiger partial charge in [0.25, 0.3) is 0 Å². The number of ether oxygens (including phenoxy) is 1. The van der Waals surface area contributed by atoms with Crippen LogP contribution < -0.4 is 11.1 Å². The lowest BCUT2D eigenvalue weighted by Crippen LogP contribution is -2.60. The zero-order chi connectivity index (χ0) is 14.4. The average molecular weight is 356 g/mol. The maximum Gasteiger partial charge on any atom is 0.224 e. The van der Waals surface area contributed by atoms with E-state index in [9.17, 15) is 4.79 Å². The van der Waals surface area contributed by atoms with Crippen molar-refractivity contribution in [3.05, 3.63) is 0 Å². The van der Waals surface area contributed by atoms with Crippen LogP contribution in [0.1, 0.15) is 39.0 Å². The number of amides is 1. The second-order valence-corrected chi connectivity index (χ2v) is 6.24. The Morgan fingerprint density at radius 3 is 2.36 bits per heavy atom. The molecule has 0 spiro atoms. The molecule has 0 saturated carbocycles. The Morgan fingerprint density at radius 2 is 1.82 bits per heavy atom. The summed E-state index contributed by atoms with van der Waals surface area (Å²) in [6, 6.07) is 0. The van der Waals surface area contributed by atoms with E-state index in [-0.39, 0.29) is 42.2 Å². The van der Waals surface area contributed by atoms with E-state index in [4.69, 9.17) is 10.5 Å². The molecule has 2 aliphatic rings. The minimum Gasteiger partial charge on any atom is -0.381 e. The molecule has 3 N–H and O–H groups in total. The summed E-state index contributed by atoms with van der Waals surface area (Å²) in [5.74, 6) is -0.0244. The number of carbonyl (C=O) groups is 1. The average Bonchev–Trinajstić information content (AvgIpc) is 2.53. The molecule has 2 aliphatic heterocycles. The molecule has 0 aromatic rings. The van der Waals surface area contributed by atoms with Crippen molar-refractivity contribution in [3.8, 4) is 0 Å². The summed E-state index contributed by atoms with van der Waals surface area (Å²) in [7, 11) is 0. The van der Waals surface area contributed by atoms with Crippen molar-refractivity contribution in [2.45, 2.75) is 44.6 Å². The second kappa shape index (κ2) is 10.7. The van der Waals surface area contributed by atoms with Gasteiger partial charge in [-0.05, 0) is 38.8 Å². The highest BCUT2D eigenvalue weighted by molar-refractivity contribution is 5.85. The first-order valence-electron chi connectivity index (χ1n) is 7.98. The van der Waals surface area contributed by atoms with Crippen molar-refractivity contribution >= 4 is 30.7 Å². The quantitative estimate of drug-likeness (QED) is 0.785. The van der Waals surface area contributed by atoms with E-state index in [0.29, 0.717) is 6.54 Å². The van der Waals surface area contributed by atoms with Gasteiger partial charge in [-0.3, -0.25) is 9.69 Å². The Morgan fingerprint density at radius 1 is 1.23 bits per heavy atom. The number of halogens is 2. The Hall–Kier alpha value is -0.0700. The molecule has 2 fully saturated rings. The van der Waals surface area contributed by atoms with Gasteiger partial charge >= 0.3 is 0 Å². The minimum atomic E-state index is -0.103. The lowest BCUT2D eigenvalue weighted by Gasteiger charge is -2.48. The van der Waals surface area contributed by atoms with Crippen LogP contribution in [0.15, 0.2) is 0 Å². The van der Waals surface area contributed by atoms with Crippen molar-refractivity contribution in [1.29, 1.82) is 0 Å². The summed E-state index contributed by atoms with van der Waals surface area (Å²) in [6.07, 6.45) is 5.92. The fourth-order valence-corrected chi connectivity index (χ4v) is 3.26. The molecule has 0 aromatic heterocycles. The van der Waals surface area contributed by atoms with Crippen molar-refractivity contribution in [3.63, 3.8) is 0 Å². The molecule has 0 bridgehead atoms. The summed E-state index contributed by atoms with van der Waals surface area (Å²) in [5, 5.41) is 3.13. The van der Waals surface area contributed by atoms with Gasteiger partial charge in [0.05, 0.1) is 0 Å². The highest BCUT2D eigenvalue weighted by Crippen LogP contribution is 2.30. The van der Waals surface area contributed by atoms with Gasteiger partial charge in [-0.1, -0.05) is 13.3 Å². The molecule has 1 unspecified atom stereocenters. The number of nitrogens with two attached hydrogens (primary N) is 1. The highest BCUT2D eigenvalue weighted by Gasteiger charge is 2.39. The lowest BCUT2D eigenvalue weighted by molar-refractivity contribution is -0.125. The number of hydrogen-bond acceptors (Lipinski definition) is 4. The van der Waals surface area contributed by atoms with Crippen LogP contribution in [0.25, 0.3) is 0 Å². The third-order valence-electron chi connectivity index (χ3n) is 4.84. The van der Waals surface area contributed by atoms with Crippen molar-refractivity contribution < 1.29 is 9.53 Å². The standard InChI is InChI=1S/C15H29N3O2.2ClH/c1-13(11-16)14(19)17-12-15(5-9-20-10-6-15)18-7-3-2-4-8-18;;/h13H,2-12,16H2,1H3,(H,17,19);2*1H. The number of nitrogens with zero attached hydrogens (tertiary/aromatic N) is 1. The van der Waals surface area contributed by atoms with Crippen LogP contribution in [-0.2, 0) is 9.53 Å². The predicted molar refractivity (Wildman–Crippen MR) is 93.9 cm³/mol. The van der Waals surface area contributed by atoms with Crippen LogP contribution in [0.3, 0.4) is 0 Å². The first-order chi connectivity index (χ1) is 9.68. The first-order valence-corrected chi connectivity index (χ1v) is 7.98. The maximum absolute atomic E-state index is 12.0. The van der Waals surface area contributed by atoms with Crippen LogP contribution in [-0.4, -0.2) is 55.7 Å². The van der Waals surface area contributed by atoms with Gasteiger partial charge in [0, 0.05) is 37.8 Å². The van der Waals surface area contributed by atoms with E-state index in [0.717, 1.165) is 45.7 Å². The van der Waals surface area contributed by atoms with Gasteiger partial charge < -0.3 is 15.8 Å². The van der Waals surface area contributed by atoms with Crippen molar-refractivity contribution in [2.75, 3.05) is 39.4 Å². The van der Waals surface area contributed by atoms with Gasteiger partial charge in [-0.25, -0.2) is 0 Å². The van der Waals surface area contributed by atoms with Crippen LogP contribution in [0.2, 0.25) is 0 Å². The normalized spacial score (nSPS) is 22.8. The first kappa shape index (κ1) is 21.9. The van der Waals surface area contributed by atoms with E-state index in [1.54, 1.807) is 0 Å². The molecule has 1 atom stereocenters. The summed E-state index contributed by atoms with van der Waals surface area (Å²) in [4.78, 5) is 14.6. The molecular weight excluding hydrogens is 325 g/mol. The van der Waals surface area contributed by atoms with E-state index in [2.05, 4.69) is 10.2 Å². The van der Waals surface area contributed by atoms with Gasteiger partial charge in [0.1, 0.15) is 0 Å². The molecular formula is C15H31Cl2N3O2. The lowest BCUT2D eigenvalue weighted by atomic mass is 9.86. The molecule has 22 heavy (non-hydrogen) atoms. The number of carbonyl (C=O) groups excluding carboxylic acids is 1. The van der Waals surface area contributed by atoms with E-state index >= 15 is 0 Å². The molecule has 1 amide bonds. The second-order valence-electron chi connectivity index (χ2n) is 6.24. The highest BCUT2D eigenvalue weighted by atomic mass is 35.5. The van der Waals surface area contributed by atoms with E-state index in [1.807, 2.05) is 6.92 Å². The Balaban J connectivity index is 0.00000220. The third kappa shape index (κ3) is 5.53. The number of piperidine rings is 1. The largest absolute Gasteiger partial charge is 0.381 e. The SMILES string of the molecule is CC(CN)C(=O)NCC1(N2CCCCC2)CCOCC1.Cl.Cl. The summed E-state index contributed by atoms with van der Waals surface area (Å²) >= 11 is 0. The topological polar surface area (TPSA) is 67.6 Å². The summed E-state index contributed by atoms with van der Waals surface area (Å²) < 4.78 is 5.53. The Bertz CT molecular complexity index is 320. The molecule has 132 valence electrons. The molecule has 0 radical (unpaired) electrons. The molecule has 7 heteroatoms. The Labute approximate surface area is 146 Å². The molecule has 5 nitrogen and oxygen atoms in total. The minimum absolute atomic E-state index is 0. The fourth-order valence-electron chi connectivity index (χ4n) is 3.26. The van der Waals surface area contributed by atoms with Crippen LogP contribution in [0.4, 0.5) is 0 Å². The monoisotopic (exact) mass is 355 g/mol. The van der Waals surface area contributed by atoms with Crippen LogP contribution in [0.5, 0.6) is 0 Å². The van der Waals surface area contributed by atoms with Crippen molar-refractivity contribution in [1.82, 2.24) is 10.2 Å². The number of nitrogens with one attached hydrogen (secondary N) is 1. The third-order valence-corrected chi connectivity index (χ3v) is 4.84. The van der Waals surface area contributed by atoms with Crippen molar-refractivity contribution in [2.24, 2.45) is 11.7 Å². The van der Waals surface area contributed by atoms with Gasteiger partial charge in [-0.15, -0.1) is 24.8 Å². The fraction of sp³-hybridized carbons (Fsp3) is 0.933. The van der Waals surface area contributed by atoms with Crippen LogP contribution >= 0.6 is 24.8 Å². The molecule has 2 saturated heterocycles. The summed E-state index contributed by atoms with van der Waals surface area (Å²) in [6.45, 7) is 6.94. The van der Waals surface area contributed by atoms with E-state index in [1.165, 1.54) is 19.3 Å². The molecule has 0 aliphatic carbocycles. The number of hydrogen-bond donors (Lipinski definition) is 2. The number of rotatable bonds is 5. The maximum atomic E-state index is 12.0. The van der Waals surface area contributed by atoms with Crippen LogP contribution in [0, 0.1) is 5.92 Å². The molecule has 2 rings (SSSR count).